The Labute approximate surface area is 125 Å². The molecule has 110 valence electrons. The molecule has 4 saturated carbocycles. The highest BCUT2D eigenvalue weighted by Gasteiger charge is 2.61. The Morgan fingerprint density at radius 3 is 2.40 bits per heavy atom. The second-order valence-electron chi connectivity index (χ2n) is 8.45. The van der Waals surface area contributed by atoms with Crippen molar-refractivity contribution in [3.63, 3.8) is 0 Å². The third-order valence-electron chi connectivity index (χ3n) is 5.90. The van der Waals surface area contributed by atoms with Crippen LogP contribution in [0.5, 0.6) is 0 Å². The maximum atomic E-state index is 5.66. The molecule has 2 atom stereocenters. The molecule has 3 nitrogen and oxygen atoms in total. The summed E-state index contributed by atoms with van der Waals surface area (Å²) < 4.78 is 0. The van der Waals surface area contributed by atoms with Gasteiger partial charge >= 0.3 is 0 Å². The van der Waals surface area contributed by atoms with Gasteiger partial charge in [0.25, 0.3) is 0 Å². The summed E-state index contributed by atoms with van der Waals surface area (Å²) >= 11 is 1.84. The quantitative estimate of drug-likeness (QED) is 0.929. The molecule has 1 aromatic heterocycles. The fraction of sp³-hybridized carbons (Fsp3) is 0.875. The first-order chi connectivity index (χ1) is 9.44. The van der Waals surface area contributed by atoms with Crippen LogP contribution in [0.4, 0.5) is 0 Å². The highest BCUT2D eigenvalue weighted by Crippen LogP contribution is 2.69. The molecular formula is C16H25N3S. The molecule has 4 bridgehead atoms. The lowest BCUT2D eigenvalue weighted by Crippen LogP contribution is -2.56. The zero-order valence-electron chi connectivity index (χ0n) is 12.6. The average molecular weight is 291 g/mol. The van der Waals surface area contributed by atoms with Crippen molar-refractivity contribution >= 4 is 11.3 Å². The van der Waals surface area contributed by atoms with Crippen LogP contribution in [0.15, 0.2) is 0 Å². The molecule has 1 heterocycles. The van der Waals surface area contributed by atoms with Crippen molar-refractivity contribution in [2.45, 2.75) is 64.2 Å². The molecule has 20 heavy (non-hydrogen) atoms. The van der Waals surface area contributed by atoms with Crippen LogP contribution in [0.25, 0.3) is 0 Å². The maximum Gasteiger partial charge on any atom is 0.123 e. The third kappa shape index (κ3) is 1.87. The Kier molecular flexibility index (Phi) is 2.67. The minimum atomic E-state index is 0.341. The van der Waals surface area contributed by atoms with Gasteiger partial charge in [-0.3, -0.25) is 0 Å². The summed E-state index contributed by atoms with van der Waals surface area (Å²) in [6.45, 7) is 5.72. The van der Waals surface area contributed by atoms with Crippen LogP contribution in [-0.4, -0.2) is 16.7 Å². The fourth-order valence-electron chi connectivity index (χ4n) is 6.38. The van der Waals surface area contributed by atoms with Crippen molar-refractivity contribution in [2.75, 3.05) is 6.54 Å². The first-order valence-corrected chi connectivity index (χ1v) is 8.79. The van der Waals surface area contributed by atoms with Crippen LogP contribution in [0.1, 0.15) is 62.4 Å². The summed E-state index contributed by atoms with van der Waals surface area (Å²) in [5.41, 5.74) is 7.10. The maximum absolute atomic E-state index is 5.66. The molecule has 4 aliphatic rings. The van der Waals surface area contributed by atoms with E-state index in [-0.39, 0.29) is 0 Å². The standard InChI is InChI=1S/C16H25N3S/c1-14-5-11-6-15(2,8-14)10-16(7-11,9-14)13-19-18-12(20-13)3-4-17/h11H,3-10,17H2,1-2H3. The summed E-state index contributed by atoms with van der Waals surface area (Å²) in [6, 6.07) is 0. The van der Waals surface area contributed by atoms with Gasteiger partial charge in [-0.15, -0.1) is 21.5 Å². The normalized spacial score (nSPS) is 46.0. The minimum Gasteiger partial charge on any atom is -0.330 e. The van der Waals surface area contributed by atoms with Crippen LogP contribution in [0, 0.1) is 16.7 Å². The van der Waals surface area contributed by atoms with E-state index in [0.29, 0.717) is 22.8 Å². The lowest BCUT2D eigenvalue weighted by Gasteiger charge is -2.64. The summed E-state index contributed by atoms with van der Waals surface area (Å²) in [7, 11) is 0. The van der Waals surface area contributed by atoms with Gasteiger partial charge < -0.3 is 5.73 Å². The lowest BCUT2D eigenvalue weighted by molar-refractivity contribution is -0.110. The Bertz CT molecular complexity index is 520. The van der Waals surface area contributed by atoms with Crippen LogP contribution in [-0.2, 0) is 11.8 Å². The van der Waals surface area contributed by atoms with Gasteiger partial charge in [0.2, 0.25) is 0 Å². The van der Waals surface area contributed by atoms with E-state index in [1.807, 2.05) is 11.3 Å². The number of nitrogens with two attached hydrogens (primary N) is 1. The summed E-state index contributed by atoms with van der Waals surface area (Å²) in [4.78, 5) is 0. The van der Waals surface area contributed by atoms with Gasteiger partial charge in [-0.2, -0.15) is 0 Å². The van der Waals surface area contributed by atoms with Gasteiger partial charge in [0, 0.05) is 11.8 Å². The van der Waals surface area contributed by atoms with Crippen LogP contribution >= 0.6 is 11.3 Å². The Hall–Kier alpha value is -0.480. The van der Waals surface area contributed by atoms with E-state index < -0.39 is 0 Å². The Balaban J connectivity index is 1.72. The van der Waals surface area contributed by atoms with Crippen molar-refractivity contribution in [1.29, 1.82) is 0 Å². The molecule has 4 fully saturated rings. The van der Waals surface area contributed by atoms with Crippen molar-refractivity contribution in [1.82, 2.24) is 10.2 Å². The minimum absolute atomic E-state index is 0.341. The van der Waals surface area contributed by atoms with E-state index in [9.17, 15) is 0 Å². The van der Waals surface area contributed by atoms with Gasteiger partial charge in [0.1, 0.15) is 10.0 Å². The second-order valence-corrected chi connectivity index (χ2v) is 9.51. The zero-order valence-corrected chi connectivity index (χ0v) is 13.4. The van der Waals surface area contributed by atoms with E-state index in [1.165, 1.54) is 43.5 Å². The van der Waals surface area contributed by atoms with Gasteiger partial charge in [0.15, 0.2) is 0 Å². The highest BCUT2D eigenvalue weighted by atomic mass is 32.1. The van der Waals surface area contributed by atoms with Crippen LogP contribution in [0.3, 0.4) is 0 Å². The van der Waals surface area contributed by atoms with E-state index in [0.717, 1.165) is 17.3 Å². The van der Waals surface area contributed by atoms with E-state index >= 15 is 0 Å². The molecule has 4 heteroatoms. The molecule has 0 radical (unpaired) electrons. The van der Waals surface area contributed by atoms with Crippen molar-refractivity contribution in [3.8, 4) is 0 Å². The number of aromatic nitrogens is 2. The molecule has 0 spiro atoms. The predicted octanol–water partition coefficient (Wildman–Crippen LogP) is 3.29. The smallest absolute Gasteiger partial charge is 0.123 e. The van der Waals surface area contributed by atoms with Gasteiger partial charge in [-0.1, -0.05) is 13.8 Å². The number of rotatable bonds is 3. The topological polar surface area (TPSA) is 51.8 Å². The molecule has 4 aliphatic carbocycles. The van der Waals surface area contributed by atoms with E-state index in [2.05, 4.69) is 24.0 Å². The molecule has 0 saturated heterocycles. The van der Waals surface area contributed by atoms with Crippen molar-refractivity contribution in [3.05, 3.63) is 10.0 Å². The molecular weight excluding hydrogens is 266 g/mol. The summed E-state index contributed by atoms with van der Waals surface area (Å²) in [5.74, 6) is 0.920. The second kappa shape index (κ2) is 4.04. The van der Waals surface area contributed by atoms with Gasteiger partial charge in [-0.25, -0.2) is 0 Å². The monoisotopic (exact) mass is 291 g/mol. The van der Waals surface area contributed by atoms with E-state index in [4.69, 9.17) is 5.73 Å². The lowest BCUT2D eigenvalue weighted by atomic mass is 9.40. The van der Waals surface area contributed by atoms with Gasteiger partial charge in [0.05, 0.1) is 0 Å². The van der Waals surface area contributed by atoms with E-state index in [1.54, 1.807) is 0 Å². The Morgan fingerprint density at radius 2 is 1.80 bits per heavy atom. The number of hydrogen-bond acceptors (Lipinski definition) is 4. The zero-order chi connectivity index (χ0) is 14.0. The summed E-state index contributed by atoms with van der Waals surface area (Å²) in [5, 5.41) is 11.5. The predicted molar refractivity (Wildman–Crippen MR) is 81.8 cm³/mol. The van der Waals surface area contributed by atoms with Gasteiger partial charge in [-0.05, 0) is 61.8 Å². The Morgan fingerprint density at radius 1 is 1.10 bits per heavy atom. The molecule has 0 aromatic carbocycles. The number of nitrogens with zero attached hydrogens (tertiary/aromatic N) is 2. The average Bonchev–Trinajstić information content (AvgIpc) is 2.73. The molecule has 1 aromatic rings. The molecule has 0 aliphatic heterocycles. The SMILES string of the molecule is CC12CC3CC(C)(C1)CC(c1nnc(CCN)s1)(C3)C2. The molecule has 5 rings (SSSR count). The number of hydrogen-bond donors (Lipinski definition) is 1. The fourth-order valence-corrected chi connectivity index (χ4v) is 7.43. The first-order valence-electron chi connectivity index (χ1n) is 7.97. The highest BCUT2D eigenvalue weighted by molar-refractivity contribution is 7.11. The van der Waals surface area contributed by atoms with Crippen LogP contribution < -0.4 is 5.73 Å². The third-order valence-corrected chi connectivity index (χ3v) is 7.13. The van der Waals surface area contributed by atoms with Crippen molar-refractivity contribution in [2.24, 2.45) is 22.5 Å². The van der Waals surface area contributed by atoms with Crippen LogP contribution in [0.2, 0.25) is 0 Å². The molecule has 2 N–H and O–H groups in total. The first kappa shape index (κ1) is 13.2. The molecule has 2 unspecified atom stereocenters. The van der Waals surface area contributed by atoms with Crippen molar-refractivity contribution < 1.29 is 0 Å². The summed E-state index contributed by atoms with van der Waals surface area (Å²) in [6.07, 6.45) is 9.22. The largest absolute Gasteiger partial charge is 0.330 e. The molecule has 0 amide bonds.